The lowest BCUT2D eigenvalue weighted by Crippen LogP contribution is -2.47. The van der Waals surface area contributed by atoms with Crippen molar-refractivity contribution in [1.82, 2.24) is 10.2 Å². The van der Waals surface area contributed by atoms with Gasteiger partial charge in [-0.3, -0.25) is 0 Å². The lowest BCUT2D eigenvalue weighted by Gasteiger charge is -2.31. The zero-order valence-corrected chi connectivity index (χ0v) is 12.5. The van der Waals surface area contributed by atoms with Gasteiger partial charge >= 0.3 is 12.1 Å². The van der Waals surface area contributed by atoms with Crippen LogP contribution < -0.4 is 10.6 Å². The van der Waals surface area contributed by atoms with E-state index < -0.39 is 0 Å². The number of urea groups is 1. The molecule has 1 saturated heterocycles. The second-order valence-corrected chi connectivity index (χ2v) is 5.11. The van der Waals surface area contributed by atoms with Crippen LogP contribution in [0.5, 0.6) is 5.75 Å². The fourth-order valence-corrected chi connectivity index (χ4v) is 2.36. The highest BCUT2D eigenvalue weighted by Crippen LogP contribution is 2.16. The Hall–Kier alpha value is -2.44. The van der Waals surface area contributed by atoms with Gasteiger partial charge in [-0.25, -0.2) is 9.59 Å². The highest BCUT2D eigenvalue weighted by atomic mass is 16.6. The van der Waals surface area contributed by atoms with E-state index in [-0.39, 0.29) is 23.9 Å². The Kier molecular flexibility index (Phi) is 5.46. The molecule has 1 aliphatic heterocycles. The summed E-state index contributed by atoms with van der Waals surface area (Å²) in [5, 5.41) is 14.9. The van der Waals surface area contributed by atoms with Gasteiger partial charge in [0.25, 0.3) is 0 Å². The molecule has 0 bridgehead atoms. The highest BCUT2D eigenvalue weighted by Gasteiger charge is 2.24. The van der Waals surface area contributed by atoms with Crippen LogP contribution in [0.4, 0.5) is 15.3 Å². The molecule has 0 atom stereocenters. The van der Waals surface area contributed by atoms with Crippen LogP contribution in [-0.4, -0.2) is 47.9 Å². The summed E-state index contributed by atoms with van der Waals surface area (Å²) < 4.78 is 4.95. The van der Waals surface area contributed by atoms with Crippen molar-refractivity contribution in [3.63, 3.8) is 0 Å². The molecule has 1 aliphatic rings. The summed E-state index contributed by atoms with van der Waals surface area (Å²) in [6.45, 7) is 3.27. The van der Waals surface area contributed by atoms with Crippen molar-refractivity contribution >= 4 is 17.8 Å². The van der Waals surface area contributed by atoms with Crippen LogP contribution in [-0.2, 0) is 4.74 Å². The predicted octanol–water partition coefficient (Wildman–Crippen LogP) is 2.13. The number of likely N-dealkylation sites (tertiary alicyclic amines) is 1. The van der Waals surface area contributed by atoms with E-state index in [0.717, 1.165) is 0 Å². The molecule has 3 amide bonds. The second-order valence-electron chi connectivity index (χ2n) is 5.11. The monoisotopic (exact) mass is 307 g/mol. The number of amides is 3. The molecule has 22 heavy (non-hydrogen) atoms. The van der Waals surface area contributed by atoms with E-state index in [1.165, 1.54) is 12.1 Å². The first-order chi connectivity index (χ1) is 10.6. The number of anilines is 1. The Morgan fingerprint density at radius 1 is 1.36 bits per heavy atom. The number of ether oxygens (including phenoxy) is 1. The van der Waals surface area contributed by atoms with Gasteiger partial charge < -0.3 is 25.4 Å². The van der Waals surface area contributed by atoms with Crippen molar-refractivity contribution in [2.24, 2.45) is 0 Å². The Balaban J connectivity index is 1.76. The molecule has 0 saturated carbocycles. The SMILES string of the molecule is CCOC(=O)N1CCC(NC(=O)Nc2cccc(O)c2)CC1. The standard InChI is InChI=1S/C15H21N3O4/c1-2-22-15(21)18-8-6-11(7-9-18)16-14(20)17-12-4-3-5-13(19)10-12/h3-5,10-11,19H,2,6-9H2,1H3,(H2,16,17,20). The molecule has 3 N–H and O–H groups in total. The van der Waals surface area contributed by atoms with E-state index in [4.69, 9.17) is 4.74 Å². The van der Waals surface area contributed by atoms with E-state index in [2.05, 4.69) is 10.6 Å². The van der Waals surface area contributed by atoms with E-state index in [1.807, 2.05) is 0 Å². The van der Waals surface area contributed by atoms with Crippen LogP contribution in [0.15, 0.2) is 24.3 Å². The molecule has 0 radical (unpaired) electrons. The summed E-state index contributed by atoms with van der Waals surface area (Å²) in [6.07, 6.45) is 1.07. The topological polar surface area (TPSA) is 90.9 Å². The summed E-state index contributed by atoms with van der Waals surface area (Å²) in [7, 11) is 0. The minimum atomic E-state index is -0.319. The highest BCUT2D eigenvalue weighted by molar-refractivity contribution is 5.89. The van der Waals surface area contributed by atoms with Crippen molar-refractivity contribution in [2.75, 3.05) is 25.0 Å². The van der Waals surface area contributed by atoms with Crippen LogP contribution in [0.3, 0.4) is 0 Å². The van der Waals surface area contributed by atoms with Gasteiger partial charge in [0.05, 0.1) is 6.61 Å². The minimum absolute atomic E-state index is 0.0167. The van der Waals surface area contributed by atoms with Gasteiger partial charge in [-0.15, -0.1) is 0 Å². The van der Waals surface area contributed by atoms with Crippen LogP contribution in [0.25, 0.3) is 0 Å². The normalized spacial score (nSPS) is 15.2. The van der Waals surface area contributed by atoms with Gasteiger partial charge in [0.2, 0.25) is 0 Å². The molecule has 0 aromatic heterocycles. The number of benzene rings is 1. The number of hydrogen-bond donors (Lipinski definition) is 3. The molecule has 7 heteroatoms. The summed E-state index contributed by atoms with van der Waals surface area (Å²) >= 11 is 0. The van der Waals surface area contributed by atoms with E-state index in [9.17, 15) is 14.7 Å². The summed E-state index contributed by atoms with van der Waals surface area (Å²) in [4.78, 5) is 25.1. The van der Waals surface area contributed by atoms with E-state index >= 15 is 0 Å². The number of phenolic OH excluding ortho intramolecular Hbond substituents is 1. The quantitative estimate of drug-likeness (QED) is 0.798. The molecule has 7 nitrogen and oxygen atoms in total. The molecular weight excluding hydrogens is 286 g/mol. The number of piperidine rings is 1. The third-order valence-electron chi connectivity index (χ3n) is 3.46. The summed E-state index contributed by atoms with van der Waals surface area (Å²) in [5.41, 5.74) is 0.529. The maximum Gasteiger partial charge on any atom is 0.409 e. The number of nitrogens with one attached hydrogen (secondary N) is 2. The minimum Gasteiger partial charge on any atom is -0.508 e. The van der Waals surface area contributed by atoms with Crippen molar-refractivity contribution in [3.8, 4) is 5.75 Å². The van der Waals surface area contributed by atoms with Crippen molar-refractivity contribution in [1.29, 1.82) is 0 Å². The zero-order valence-electron chi connectivity index (χ0n) is 12.5. The zero-order chi connectivity index (χ0) is 15.9. The van der Waals surface area contributed by atoms with Crippen molar-refractivity contribution < 1.29 is 19.4 Å². The predicted molar refractivity (Wildman–Crippen MR) is 81.9 cm³/mol. The third kappa shape index (κ3) is 4.54. The van der Waals surface area contributed by atoms with Crippen LogP contribution >= 0.6 is 0 Å². The lowest BCUT2D eigenvalue weighted by molar-refractivity contribution is 0.0959. The molecular formula is C15H21N3O4. The van der Waals surface area contributed by atoms with Gasteiger partial charge in [-0.05, 0) is 31.9 Å². The molecule has 1 fully saturated rings. The van der Waals surface area contributed by atoms with E-state index in [1.54, 1.807) is 24.0 Å². The van der Waals surface area contributed by atoms with Gasteiger partial charge in [0.1, 0.15) is 5.75 Å². The number of carbonyl (C=O) groups excluding carboxylic acids is 2. The van der Waals surface area contributed by atoms with Crippen LogP contribution in [0, 0.1) is 0 Å². The molecule has 0 unspecified atom stereocenters. The molecule has 1 aromatic carbocycles. The van der Waals surface area contributed by atoms with Crippen molar-refractivity contribution in [2.45, 2.75) is 25.8 Å². The first-order valence-corrected chi connectivity index (χ1v) is 7.36. The Morgan fingerprint density at radius 3 is 2.73 bits per heavy atom. The van der Waals surface area contributed by atoms with Gasteiger partial charge in [-0.1, -0.05) is 6.07 Å². The summed E-state index contributed by atoms with van der Waals surface area (Å²) in [6, 6.07) is 6.06. The lowest BCUT2D eigenvalue weighted by atomic mass is 10.1. The van der Waals surface area contributed by atoms with Gasteiger partial charge in [0.15, 0.2) is 0 Å². The average molecular weight is 307 g/mol. The second kappa shape index (κ2) is 7.53. The molecule has 1 heterocycles. The summed E-state index contributed by atoms with van der Waals surface area (Å²) in [5.74, 6) is 0.0977. The van der Waals surface area contributed by atoms with Gasteiger partial charge in [0, 0.05) is 30.9 Å². The van der Waals surface area contributed by atoms with Crippen LogP contribution in [0.1, 0.15) is 19.8 Å². The Bertz CT molecular complexity index is 527. The number of hydrogen-bond acceptors (Lipinski definition) is 4. The van der Waals surface area contributed by atoms with E-state index in [0.29, 0.717) is 38.2 Å². The number of rotatable bonds is 3. The largest absolute Gasteiger partial charge is 0.508 e. The average Bonchev–Trinajstić information content (AvgIpc) is 2.48. The molecule has 0 aliphatic carbocycles. The maximum atomic E-state index is 11.9. The smallest absolute Gasteiger partial charge is 0.409 e. The number of phenols is 1. The number of nitrogens with zero attached hydrogens (tertiary/aromatic N) is 1. The fourth-order valence-electron chi connectivity index (χ4n) is 2.36. The molecule has 1 aromatic rings. The fraction of sp³-hybridized carbons (Fsp3) is 0.467. The first-order valence-electron chi connectivity index (χ1n) is 7.36. The Labute approximate surface area is 129 Å². The number of carbonyl (C=O) groups is 2. The molecule has 120 valence electrons. The first kappa shape index (κ1) is 15.9. The Morgan fingerprint density at radius 2 is 2.09 bits per heavy atom. The van der Waals surface area contributed by atoms with Crippen LogP contribution in [0.2, 0.25) is 0 Å². The maximum absolute atomic E-state index is 11.9. The number of aromatic hydroxyl groups is 1. The molecule has 2 rings (SSSR count). The molecule has 0 spiro atoms. The third-order valence-corrected chi connectivity index (χ3v) is 3.46. The van der Waals surface area contributed by atoms with Crippen molar-refractivity contribution in [3.05, 3.63) is 24.3 Å². The van der Waals surface area contributed by atoms with Gasteiger partial charge in [-0.2, -0.15) is 0 Å².